The van der Waals surface area contributed by atoms with Crippen molar-refractivity contribution >= 4 is 29.0 Å². The summed E-state index contributed by atoms with van der Waals surface area (Å²) in [6.07, 6.45) is 0.488. The fourth-order valence-electron chi connectivity index (χ4n) is 1.99. The van der Waals surface area contributed by atoms with Gasteiger partial charge in [0.15, 0.2) is 0 Å². The lowest BCUT2D eigenvalue weighted by Crippen LogP contribution is -2.13. The molecule has 0 heterocycles. The minimum atomic E-state index is 0.0462. The number of nitrogen functional groups attached to an aromatic ring is 1. The van der Waals surface area contributed by atoms with Gasteiger partial charge in [-0.3, -0.25) is 4.79 Å². The molecule has 0 aliphatic rings. The number of amides is 1. The summed E-state index contributed by atoms with van der Waals surface area (Å²) in [6, 6.07) is 13.7. The van der Waals surface area contributed by atoms with Crippen LogP contribution in [-0.2, 0) is 4.79 Å². The van der Waals surface area contributed by atoms with Crippen molar-refractivity contribution in [3.8, 4) is 0 Å². The van der Waals surface area contributed by atoms with Crippen LogP contribution in [0.25, 0.3) is 0 Å². The van der Waals surface area contributed by atoms with E-state index in [1.165, 1.54) is 5.56 Å². The molecule has 0 aliphatic carbocycles. The first-order valence-electron chi connectivity index (χ1n) is 6.90. The average Bonchev–Trinajstić information content (AvgIpc) is 2.44. The Hall–Kier alpha value is -1.94. The van der Waals surface area contributed by atoms with E-state index in [0.29, 0.717) is 6.42 Å². The maximum absolute atomic E-state index is 11.9. The van der Waals surface area contributed by atoms with Crippen molar-refractivity contribution < 1.29 is 4.79 Å². The van der Waals surface area contributed by atoms with Crippen molar-refractivity contribution in [1.82, 2.24) is 0 Å². The number of rotatable bonds is 5. The van der Waals surface area contributed by atoms with Crippen LogP contribution in [0.2, 0.25) is 0 Å². The van der Waals surface area contributed by atoms with Gasteiger partial charge in [-0.05, 0) is 49.7 Å². The number of hydrogen-bond donors (Lipinski definition) is 2. The Morgan fingerprint density at radius 1 is 1.14 bits per heavy atom. The first kappa shape index (κ1) is 15.4. The zero-order valence-corrected chi connectivity index (χ0v) is 13.2. The summed E-state index contributed by atoms with van der Waals surface area (Å²) in [5.41, 5.74) is 9.58. The zero-order valence-electron chi connectivity index (χ0n) is 12.3. The Labute approximate surface area is 129 Å². The quantitative estimate of drug-likeness (QED) is 0.648. The Morgan fingerprint density at radius 3 is 2.52 bits per heavy atom. The third-order valence-corrected chi connectivity index (χ3v) is 4.15. The number of benzene rings is 2. The minimum absolute atomic E-state index is 0.0462. The van der Waals surface area contributed by atoms with Crippen molar-refractivity contribution in [3.05, 3.63) is 53.6 Å². The molecule has 0 saturated heterocycles. The van der Waals surface area contributed by atoms with Crippen LogP contribution in [0.3, 0.4) is 0 Å². The summed E-state index contributed by atoms with van der Waals surface area (Å²) in [7, 11) is 0. The van der Waals surface area contributed by atoms with Gasteiger partial charge in [0.25, 0.3) is 0 Å². The largest absolute Gasteiger partial charge is 0.399 e. The van der Waals surface area contributed by atoms with Crippen molar-refractivity contribution in [1.29, 1.82) is 0 Å². The fourth-order valence-corrected chi connectivity index (χ4v) is 2.84. The number of carbonyl (C=O) groups excluding carboxylic acids is 1. The molecule has 0 atom stereocenters. The summed E-state index contributed by atoms with van der Waals surface area (Å²) in [5.74, 6) is 0.797. The second-order valence-corrected chi connectivity index (χ2v) is 6.20. The van der Waals surface area contributed by atoms with Gasteiger partial charge in [-0.2, -0.15) is 0 Å². The summed E-state index contributed by atoms with van der Waals surface area (Å²) < 4.78 is 0. The lowest BCUT2D eigenvalue weighted by molar-refractivity contribution is -0.115. The molecule has 3 N–H and O–H groups in total. The van der Waals surface area contributed by atoms with E-state index >= 15 is 0 Å². The predicted octanol–water partition coefficient (Wildman–Crippen LogP) is 4.01. The third kappa shape index (κ3) is 4.83. The maximum Gasteiger partial charge on any atom is 0.225 e. The Morgan fingerprint density at radius 2 is 1.86 bits per heavy atom. The number of nitrogens with two attached hydrogens (primary N) is 1. The zero-order chi connectivity index (χ0) is 15.2. The van der Waals surface area contributed by atoms with E-state index in [1.807, 2.05) is 50.2 Å². The standard InChI is InChI=1S/C17H20N2OS/c1-12-3-8-16(13(2)11-12)19-17(20)9-10-21-15-6-4-14(18)5-7-15/h3-8,11H,9-10,18H2,1-2H3,(H,19,20). The van der Waals surface area contributed by atoms with Crippen molar-refractivity contribution in [2.75, 3.05) is 16.8 Å². The van der Waals surface area contributed by atoms with Crippen molar-refractivity contribution in [2.24, 2.45) is 0 Å². The number of anilines is 2. The molecular weight excluding hydrogens is 280 g/mol. The molecule has 2 rings (SSSR count). The molecule has 0 bridgehead atoms. The molecule has 1 amide bonds. The smallest absolute Gasteiger partial charge is 0.225 e. The second-order valence-electron chi connectivity index (χ2n) is 5.03. The molecule has 0 saturated carbocycles. The lowest BCUT2D eigenvalue weighted by Gasteiger charge is -2.09. The van der Waals surface area contributed by atoms with Gasteiger partial charge in [-0.25, -0.2) is 0 Å². The summed E-state index contributed by atoms with van der Waals surface area (Å²) >= 11 is 1.66. The van der Waals surface area contributed by atoms with Gasteiger partial charge in [0.05, 0.1) is 0 Å². The predicted molar refractivity (Wildman–Crippen MR) is 90.7 cm³/mol. The van der Waals surface area contributed by atoms with Gasteiger partial charge in [-0.1, -0.05) is 17.7 Å². The molecule has 21 heavy (non-hydrogen) atoms. The first-order chi connectivity index (χ1) is 10.0. The Bertz CT molecular complexity index is 623. The highest BCUT2D eigenvalue weighted by atomic mass is 32.2. The van der Waals surface area contributed by atoms with Gasteiger partial charge >= 0.3 is 0 Å². The highest BCUT2D eigenvalue weighted by molar-refractivity contribution is 7.99. The molecule has 2 aromatic carbocycles. The summed E-state index contributed by atoms with van der Waals surface area (Å²) in [4.78, 5) is 13.1. The van der Waals surface area contributed by atoms with E-state index in [4.69, 9.17) is 5.73 Å². The van der Waals surface area contributed by atoms with Crippen LogP contribution in [0.4, 0.5) is 11.4 Å². The summed E-state index contributed by atoms with van der Waals surface area (Å²) in [6.45, 7) is 4.05. The molecule has 0 radical (unpaired) electrons. The van der Waals surface area contributed by atoms with Gasteiger partial charge in [-0.15, -0.1) is 11.8 Å². The van der Waals surface area contributed by atoms with E-state index in [0.717, 1.165) is 27.6 Å². The molecule has 0 unspecified atom stereocenters. The molecule has 0 fully saturated rings. The highest BCUT2D eigenvalue weighted by Crippen LogP contribution is 2.21. The fraction of sp³-hybridized carbons (Fsp3) is 0.235. The molecule has 0 spiro atoms. The van der Waals surface area contributed by atoms with E-state index in [9.17, 15) is 4.79 Å². The van der Waals surface area contributed by atoms with Gasteiger partial charge in [0, 0.05) is 28.4 Å². The molecule has 3 nitrogen and oxygen atoms in total. The van der Waals surface area contributed by atoms with E-state index in [2.05, 4.69) is 11.4 Å². The number of carbonyl (C=O) groups is 1. The first-order valence-corrected chi connectivity index (χ1v) is 7.88. The number of hydrogen-bond acceptors (Lipinski definition) is 3. The number of nitrogens with one attached hydrogen (secondary N) is 1. The molecule has 2 aromatic rings. The average molecular weight is 300 g/mol. The molecule has 110 valence electrons. The van der Waals surface area contributed by atoms with E-state index < -0.39 is 0 Å². The van der Waals surface area contributed by atoms with E-state index in [-0.39, 0.29) is 5.91 Å². The van der Waals surface area contributed by atoms with Gasteiger partial charge < -0.3 is 11.1 Å². The van der Waals surface area contributed by atoms with Crippen molar-refractivity contribution in [2.45, 2.75) is 25.2 Å². The van der Waals surface area contributed by atoms with Crippen LogP contribution in [0.15, 0.2) is 47.4 Å². The number of thioether (sulfide) groups is 1. The monoisotopic (exact) mass is 300 g/mol. The highest BCUT2D eigenvalue weighted by Gasteiger charge is 2.05. The van der Waals surface area contributed by atoms with Gasteiger partial charge in [0.1, 0.15) is 0 Å². The maximum atomic E-state index is 11.9. The normalized spacial score (nSPS) is 10.4. The van der Waals surface area contributed by atoms with Crippen LogP contribution in [0.1, 0.15) is 17.5 Å². The molecular formula is C17H20N2OS. The van der Waals surface area contributed by atoms with Crippen molar-refractivity contribution in [3.63, 3.8) is 0 Å². The second kappa shape index (κ2) is 7.18. The molecule has 4 heteroatoms. The topological polar surface area (TPSA) is 55.1 Å². The van der Waals surface area contributed by atoms with Crippen LogP contribution in [-0.4, -0.2) is 11.7 Å². The number of aryl methyl sites for hydroxylation is 2. The lowest BCUT2D eigenvalue weighted by atomic mass is 10.1. The molecule has 0 aromatic heterocycles. The van der Waals surface area contributed by atoms with Crippen LogP contribution < -0.4 is 11.1 Å². The minimum Gasteiger partial charge on any atom is -0.399 e. The van der Waals surface area contributed by atoms with Gasteiger partial charge in [0.2, 0.25) is 5.91 Å². The van der Waals surface area contributed by atoms with Crippen LogP contribution in [0, 0.1) is 13.8 Å². The van der Waals surface area contributed by atoms with E-state index in [1.54, 1.807) is 11.8 Å². The Balaban J connectivity index is 1.81. The SMILES string of the molecule is Cc1ccc(NC(=O)CCSc2ccc(N)cc2)c(C)c1. The Kier molecular flexibility index (Phi) is 5.28. The summed E-state index contributed by atoms with van der Waals surface area (Å²) in [5, 5.41) is 2.96. The van der Waals surface area contributed by atoms with Crippen LogP contribution >= 0.6 is 11.8 Å². The molecule has 0 aliphatic heterocycles. The van der Waals surface area contributed by atoms with Crippen LogP contribution in [0.5, 0.6) is 0 Å². The third-order valence-electron chi connectivity index (χ3n) is 3.13.